The summed E-state index contributed by atoms with van der Waals surface area (Å²) in [5.41, 5.74) is 1.34. The molecule has 2 heterocycles. The summed E-state index contributed by atoms with van der Waals surface area (Å²) in [6.45, 7) is 2.24. The van der Waals surface area contributed by atoms with E-state index in [4.69, 9.17) is 0 Å². The largest absolute Gasteiger partial charge is 0.302 e. The van der Waals surface area contributed by atoms with Crippen molar-refractivity contribution in [1.82, 2.24) is 5.32 Å². The van der Waals surface area contributed by atoms with E-state index in [9.17, 15) is 0 Å². The molecule has 0 radical (unpaired) electrons. The van der Waals surface area contributed by atoms with E-state index in [0.717, 1.165) is 6.42 Å². The summed E-state index contributed by atoms with van der Waals surface area (Å²) in [7, 11) is 0. The smallest absolute Gasteiger partial charge is 0.0468 e. The molecule has 2 aromatic heterocycles. The van der Waals surface area contributed by atoms with Gasteiger partial charge in [0.05, 0.1) is 0 Å². The molecule has 0 bridgehead atoms. The Morgan fingerprint density at radius 1 is 0.905 bits per heavy atom. The second kappa shape index (κ2) is 7.03. The molecule has 2 atom stereocenters. The van der Waals surface area contributed by atoms with Gasteiger partial charge in [-0.2, -0.15) is 0 Å². The SMILES string of the molecule is CC(NC(Cc1cccs1)c1cccs1)c1ccccc1. The Labute approximate surface area is 134 Å². The molecule has 3 rings (SSSR count). The lowest BCUT2D eigenvalue weighted by Crippen LogP contribution is -2.25. The highest BCUT2D eigenvalue weighted by molar-refractivity contribution is 7.10. The topological polar surface area (TPSA) is 12.0 Å². The quantitative estimate of drug-likeness (QED) is 0.638. The molecular weight excluding hydrogens is 294 g/mol. The minimum absolute atomic E-state index is 0.346. The molecule has 0 saturated carbocycles. The zero-order valence-electron chi connectivity index (χ0n) is 12.0. The predicted molar refractivity (Wildman–Crippen MR) is 93.1 cm³/mol. The van der Waals surface area contributed by atoms with Crippen LogP contribution in [0.25, 0.3) is 0 Å². The normalized spacial score (nSPS) is 14.0. The molecule has 2 unspecified atom stereocenters. The van der Waals surface area contributed by atoms with E-state index < -0.39 is 0 Å². The van der Waals surface area contributed by atoms with E-state index in [0.29, 0.717) is 12.1 Å². The number of thiophene rings is 2. The van der Waals surface area contributed by atoms with Gasteiger partial charge in [-0.15, -0.1) is 22.7 Å². The summed E-state index contributed by atoms with van der Waals surface area (Å²) in [6.07, 6.45) is 1.05. The van der Waals surface area contributed by atoms with Crippen LogP contribution in [0.4, 0.5) is 0 Å². The van der Waals surface area contributed by atoms with Crippen molar-refractivity contribution in [2.24, 2.45) is 0 Å². The molecule has 1 N–H and O–H groups in total. The van der Waals surface area contributed by atoms with Gasteiger partial charge in [-0.1, -0.05) is 42.5 Å². The van der Waals surface area contributed by atoms with E-state index in [2.05, 4.69) is 77.6 Å². The van der Waals surface area contributed by atoms with Gasteiger partial charge in [-0.05, 0) is 35.4 Å². The molecule has 0 aliphatic heterocycles. The number of rotatable bonds is 6. The monoisotopic (exact) mass is 313 g/mol. The first-order chi connectivity index (χ1) is 10.3. The molecule has 21 heavy (non-hydrogen) atoms. The fraction of sp³-hybridized carbons (Fsp3) is 0.222. The minimum Gasteiger partial charge on any atom is -0.302 e. The number of nitrogens with one attached hydrogen (secondary N) is 1. The van der Waals surface area contributed by atoms with Crippen molar-refractivity contribution >= 4 is 22.7 Å². The maximum absolute atomic E-state index is 3.79. The second-order valence-electron chi connectivity index (χ2n) is 5.15. The van der Waals surface area contributed by atoms with Crippen molar-refractivity contribution in [2.75, 3.05) is 0 Å². The fourth-order valence-electron chi connectivity index (χ4n) is 2.50. The summed E-state index contributed by atoms with van der Waals surface area (Å²) >= 11 is 3.67. The number of hydrogen-bond donors (Lipinski definition) is 1. The molecule has 0 amide bonds. The van der Waals surface area contributed by atoms with Gasteiger partial charge in [0.2, 0.25) is 0 Å². The van der Waals surface area contributed by atoms with Gasteiger partial charge in [0.15, 0.2) is 0 Å². The zero-order chi connectivity index (χ0) is 14.5. The highest BCUT2D eigenvalue weighted by Crippen LogP contribution is 2.27. The molecule has 0 aliphatic rings. The Bertz CT molecular complexity index is 629. The van der Waals surface area contributed by atoms with E-state index >= 15 is 0 Å². The van der Waals surface area contributed by atoms with Crippen LogP contribution < -0.4 is 5.32 Å². The van der Waals surface area contributed by atoms with Gasteiger partial charge in [-0.3, -0.25) is 0 Å². The van der Waals surface area contributed by atoms with E-state index in [-0.39, 0.29) is 0 Å². The maximum Gasteiger partial charge on any atom is 0.0468 e. The maximum atomic E-state index is 3.79. The van der Waals surface area contributed by atoms with Gasteiger partial charge >= 0.3 is 0 Å². The fourth-order valence-corrected chi connectivity index (χ4v) is 4.04. The van der Waals surface area contributed by atoms with Crippen molar-refractivity contribution in [1.29, 1.82) is 0 Å². The Hall–Kier alpha value is -1.42. The number of hydrogen-bond acceptors (Lipinski definition) is 3. The summed E-state index contributed by atoms with van der Waals surface area (Å²) in [5.74, 6) is 0. The lowest BCUT2D eigenvalue weighted by atomic mass is 10.1. The van der Waals surface area contributed by atoms with E-state index in [1.165, 1.54) is 15.3 Å². The number of benzene rings is 1. The molecule has 0 aliphatic carbocycles. The molecule has 0 spiro atoms. The molecule has 0 saturated heterocycles. The van der Waals surface area contributed by atoms with Crippen molar-refractivity contribution in [3.05, 3.63) is 80.7 Å². The van der Waals surface area contributed by atoms with Crippen LogP contribution in [0.15, 0.2) is 65.4 Å². The van der Waals surface area contributed by atoms with Gasteiger partial charge in [-0.25, -0.2) is 0 Å². The van der Waals surface area contributed by atoms with Gasteiger partial charge in [0.25, 0.3) is 0 Å². The van der Waals surface area contributed by atoms with Crippen LogP contribution >= 0.6 is 22.7 Å². The standard InChI is InChI=1S/C18H19NS2/c1-14(15-7-3-2-4-8-15)19-17(18-10-6-12-21-18)13-16-9-5-11-20-16/h2-12,14,17,19H,13H2,1H3. The van der Waals surface area contributed by atoms with E-state index in [1.807, 2.05) is 22.7 Å². The average Bonchev–Trinajstić information content (AvgIpc) is 3.21. The summed E-state index contributed by atoms with van der Waals surface area (Å²) in [6, 6.07) is 20.1. The lowest BCUT2D eigenvalue weighted by molar-refractivity contribution is 0.472. The molecule has 1 aromatic carbocycles. The molecule has 3 aromatic rings. The third kappa shape index (κ3) is 3.82. The van der Waals surface area contributed by atoms with Crippen LogP contribution in [0.2, 0.25) is 0 Å². The summed E-state index contributed by atoms with van der Waals surface area (Å²) in [5, 5.41) is 8.10. The van der Waals surface area contributed by atoms with Crippen molar-refractivity contribution in [3.8, 4) is 0 Å². The summed E-state index contributed by atoms with van der Waals surface area (Å²) in [4.78, 5) is 2.84. The Morgan fingerprint density at radius 3 is 2.33 bits per heavy atom. The lowest BCUT2D eigenvalue weighted by Gasteiger charge is -2.22. The van der Waals surface area contributed by atoms with Crippen molar-refractivity contribution in [2.45, 2.75) is 25.4 Å². The minimum atomic E-state index is 0.346. The van der Waals surface area contributed by atoms with Crippen LogP contribution in [0.3, 0.4) is 0 Å². The first-order valence-electron chi connectivity index (χ1n) is 7.19. The highest BCUT2D eigenvalue weighted by atomic mass is 32.1. The van der Waals surface area contributed by atoms with E-state index in [1.54, 1.807) is 0 Å². The molecule has 0 fully saturated rings. The average molecular weight is 313 g/mol. The third-order valence-corrected chi connectivity index (χ3v) is 5.51. The Balaban J connectivity index is 1.76. The van der Waals surface area contributed by atoms with Gasteiger partial charge in [0.1, 0.15) is 0 Å². The van der Waals surface area contributed by atoms with Gasteiger partial charge < -0.3 is 5.32 Å². The van der Waals surface area contributed by atoms with Crippen LogP contribution in [-0.4, -0.2) is 0 Å². The van der Waals surface area contributed by atoms with Crippen molar-refractivity contribution in [3.63, 3.8) is 0 Å². The third-order valence-electron chi connectivity index (χ3n) is 3.62. The molecular formula is C18H19NS2. The van der Waals surface area contributed by atoms with Crippen LogP contribution in [0, 0.1) is 0 Å². The summed E-state index contributed by atoms with van der Waals surface area (Å²) < 4.78 is 0. The van der Waals surface area contributed by atoms with Crippen LogP contribution in [-0.2, 0) is 6.42 Å². The Kier molecular flexibility index (Phi) is 4.86. The van der Waals surface area contributed by atoms with Crippen LogP contribution in [0.5, 0.6) is 0 Å². The molecule has 1 nitrogen and oxygen atoms in total. The second-order valence-corrected chi connectivity index (χ2v) is 7.16. The van der Waals surface area contributed by atoms with Crippen LogP contribution in [0.1, 0.15) is 34.3 Å². The highest BCUT2D eigenvalue weighted by Gasteiger charge is 2.17. The first kappa shape index (κ1) is 14.5. The zero-order valence-corrected chi connectivity index (χ0v) is 13.7. The van der Waals surface area contributed by atoms with Crippen molar-refractivity contribution < 1.29 is 0 Å². The van der Waals surface area contributed by atoms with Gasteiger partial charge in [0, 0.05) is 28.3 Å². The predicted octanol–water partition coefficient (Wildman–Crippen LogP) is 5.44. The molecule has 3 heteroatoms. The first-order valence-corrected chi connectivity index (χ1v) is 8.95. The molecule has 108 valence electrons. The Morgan fingerprint density at radius 2 is 1.67 bits per heavy atom.